The van der Waals surface area contributed by atoms with Gasteiger partial charge in [0.1, 0.15) is 0 Å². The summed E-state index contributed by atoms with van der Waals surface area (Å²) in [7, 11) is 0. The smallest absolute Gasteiger partial charge is 0.187 e. The molecule has 0 saturated carbocycles. The van der Waals surface area contributed by atoms with Crippen LogP contribution in [0.2, 0.25) is 0 Å². The number of rotatable bonds is 4. The van der Waals surface area contributed by atoms with Crippen LogP contribution in [0.5, 0.6) is 0 Å². The van der Waals surface area contributed by atoms with E-state index in [1.165, 1.54) is 11.6 Å². The molecule has 1 heteroatoms. The molecule has 0 amide bonds. The van der Waals surface area contributed by atoms with Gasteiger partial charge in [0, 0.05) is 5.56 Å². The third-order valence-corrected chi connectivity index (χ3v) is 4.40. The lowest BCUT2D eigenvalue weighted by Gasteiger charge is -2.19. The lowest BCUT2D eigenvalue weighted by Crippen LogP contribution is -2.10. The largest absolute Gasteiger partial charge is 0.289 e. The van der Waals surface area contributed by atoms with Crippen molar-refractivity contribution in [1.29, 1.82) is 0 Å². The first kappa shape index (κ1) is 17.9. The summed E-state index contributed by atoms with van der Waals surface area (Å²) in [6, 6.07) is 25.9. The van der Waals surface area contributed by atoms with Gasteiger partial charge in [-0.05, 0) is 39.8 Å². The molecule has 0 aliphatic carbocycles. The van der Waals surface area contributed by atoms with E-state index in [1.807, 2.05) is 54.6 Å². The maximum atomic E-state index is 12.7. The van der Waals surface area contributed by atoms with E-state index >= 15 is 0 Å². The molecule has 0 fully saturated rings. The van der Waals surface area contributed by atoms with Crippen LogP contribution >= 0.6 is 0 Å². The molecule has 3 rings (SSSR count). The van der Waals surface area contributed by atoms with Crippen LogP contribution in [0.25, 0.3) is 11.1 Å². The Bertz CT molecular complexity index is 910. The van der Waals surface area contributed by atoms with Gasteiger partial charge in [-0.25, -0.2) is 0 Å². The maximum Gasteiger partial charge on any atom is 0.187 e. The van der Waals surface area contributed by atoms with E-state index in [4.69, 9.17) is 0 Å². The third-order valence-electron chi connectivity index (χ3n) is 4.40. The van der Waals surface area contributed by atoms with Gasteiger partial charge in [-0.1, -0.05) is 99.6 Å². The van der Waals surface area contributed by atoms with Crippen molar-refractivity contribution in [3.8, 4) is 11.1 Å². The Kier molecular flexibility index (Phi) is 5.18. The molecular weight excluding hydrogens is 316 g/mol. The molecule has 0 spiro atoms. The summed E-state index contributed by atoms with van der Waals surface area (Å²) in [5.74, 6) is -0.0376. The molecule has 1 nitrogen and oxygen atoms in total. The Morgan fingerprint density at radius 1 is 0.808 bits per heavy atom. The molecule has 0 bridgehead atoms. The summed E-state index contributed by atoms with van der Waals surface area (Å²) >= 11 is 0. The van der Waals surface area contributed by atoms with E-state index in [0.717, 1.165) is 16.7 Å². The van der Waals surface area contributed by atoms with E-state index < -0.39 is 0 Å². The number of carbonyl (C=O) groups is 1. The van der Waals surface area contributed by atoms with Crippen molar-refractivity contribution in [2.24, 2.45) is 0 Å². The van der Waals surface area contributed by atoms with Crippen molar-refractivity contribution in [1.82, 2.24) is 0 Å². The first-order valence-corrected chi connectivity index (χ1v) is 8.84. The molecule has 0 aliphatic heterocycles. The fourth-order valence-corrected chi connectivity index (χ4v) is 2.86. The molecule has 0 unspecified atom stereocenters. The van der Waals surface area contributed by atoms with Crippen LogP contribution in [0, 0.1) is 6.08 Å². The van der Waals surface area contributed by atoms with Gasteiger partial charge in [-0.15, -0.1) is 0 Å². The van der Waals surface area contributed by atoms with Gasteiger partial charge in [-0.3, -0.25) is 4.79 Å². The molecule has 0 N–H and O–H groups in total. The lowest BCUT2D eigenvalue weighted by atomic mass is 9.86. The number of hydrogen-bond acceptors (Lipinski definition) is 1. The fraction of sp³-hybridized carbons (Fsp3) is 0.160. The number of carbonyl (C=O) groups excluding carboxylic acids is 1. The zero-order valence-corrected chi connectivity index (χ0v) is 15.5. The number of ketones is 1. The van der Waals surface area contributed by atoms with Gasteiger partial charge < -0.3 is 0 Å². The van der Waals surface area contributed by atoms with Crippen LogP contribution in [0.4, 0.5) is 0 Å². The van der Waals surface area contributed by atoms with Gasteiger partial charge >= 0.3 is 0 Å². The number of allylic oxidation sites excluding steroid dienone is 1. The Labute approximate surface area is 156 Å². The van der Waals surface area contributed by atoms with Crippen molar-refractivity contribution in [3.63, 3.8) is 0 Å². The highest BCUT2D eigenvalue weighted by Gasteiger charge is 2.14. The summed E-state index contributed by atoms with van der Waals surface area (Å²) in [5, 5.41) is 0. The minimum absolute atomic E-state index is 0.0376. The second-order valence-corrected chi connectivity index (χ2v) is 7.39. The molecule has 1 radical (unpaired) electrons. The normalized spacial score (nSPS) is 11.7. The average molecular weight is 339 g/mol. The van der Waals surface area contributed by atoms with Gasteiger partial charge in [0.05, 0.1) is 0 Å². The SMILES string of the molecule is CC(C)(C)c1ccc(-c2ccccc2C(=O)C=[C]c2ccccc2)cc1. The molecule has 129 valence electrons. The molecule has 3 aromatic carbocycles. The van der Waals surface area contributed by atoms with E-state index in [2.05, 4.69) is 51.1 Å². The van der Waals surface area contributed by atoms with Crippen LogP contribution < -0.4 is 0 Å². The summed E-state index contributed by atoms with van der Waals surface area (Å²) in [6.07, 6.45) is 4.60. The maximum absolute atomic E-state index is 12.7. The average Bonchev–Trinajstić information content (AvgIpc) is 2.66. The van der Waals surface area contributed by atoms with Crippen LogP contribution in [0.1, 0.15) is 42.3 Å². The minimum Gasteiger partial charge on any atom is -0.289 e. The minimum atomic E-state index is -0.0376. The van der Waals surface area contributed by atoms with E-state index in [-0.39, 0.29) is 11.2 Å². The third kappa shape index (κ3) is 4.18. The summed E-state index contributed by atoms with van der Waals surface area (Å²) < 4.78 is 0. The van der Waals surface area contributed by atoms with Crippen molar-refractivity contribution in [3.05, 3.63) is 108 Å². The van der Waals surface area contributed by atoms with E-state index in [9.17, 15) is 4.79 Å². The van der Waals surface area contributed by atoms with Crippen molar-refractivity contribution in [2.75, 3.05) is 0 Å². The quantitative estimate of drug-likeness (QED) is 0.406. The van der Waals surface area contributed by atoms with Crippen molar-refractivity contribution < 1.29 is 4.79 Å². The Morgan fingerprint density at radius 2 is 1.42 bits per heavy atom. The van der Waals surface area contributed by atoms with Crippen LogP contribution in [0.15, 0.2) is 84.9 Å². The lowest BCUT2D eigenvalue weighted by molar-refractivity contribution is 0.104. The zero-order valence-electron chi connectivity index (χ0n) is 15.5. The zero-order chi connectivity index (χ0) is 18.6. The molecule has 0 aliphatic rings. The van der Waals surface area contributed by atoms with E-state index in [1.54, 1.807) is 0 Å². The van der Waals surface area contributed by atoms with Crippen LogP contribution in [0.3, 0.4) is 0 Å². The topological polar surface area (TPSA) is 17.1 Å². The van der Waals surface area contributed by atoms with Crippen molar-refractivity contribution >= 4 is 5.78 Å². The monoisotopic (exact) mass is 339 g/mol. The predicted octanol–water partition coefficient (Wildman–Crippen LogP) is 6.24. The molecule has 0 atom stereocenters. The Balaban J connectivity index is 1.91. The fourth-order valence-electron chi connectivity index (χ4n) is 2.86. The van der Waals surface area contributed by atoms with Gasteiger partial charge in [0.2, 0.25) is 0 Å². The first-order chi connectivity index (χ1) is 12.4. The van der Waals surface area contributed by atoms with Gasteiger partial charge in [0.25, 0.3) is 0 Å². The van der Waals surface area contributed by atoms with Crippen molar-refractivity contribution in [2.45, 2.75) is 26.2 Å². The molecular formula is C25H23O. The molecule has 26 heavy (non-hydrogen) atoms. The molecule has 0 saturated heterocycles. The highest BCUT2D eigenvalue weighted by Crippen LogP contribution is 2.28. The number of benzene rings is 3. The highest BCUT2D eigenvalue weighted by atomic mass is 16.1. The molecule has 0 heterocycles. The highest BCUT2D eigenvalue weighted by molar-refractivity contribution is 6.09. The molecule has 3 aromatic rings. The van der Waals surface area contributed by atoms with Crippen LogP contribution in [-0.4, -0.2) is 5.78 Å². The second-order valence-electron chi connectivity index (χ2n) is 7.39. The van der Waals surface area contributed by atoms with Gasteiger partial charge in [0.15, 0.2) is 5.78 Å². The number of hydrogen-bond donors (Lipinski definition) is 0. The molecule has 0 aromatic heterocycles. The van der Waals surface area contributed by atoms with Crippen LogP contribution in [-0.2, 0) is 5.41 Å². The second kappa shape index (κ2) is 7.53. The predicted molar refractivity (Wildman–Crippen MR) is 108 cm³/mol. The van der Waals surface area contributed by atoms with Gasteiger partial charge in [-0.2, -0.15) is 0 Å². The Morgan fingerprint density at radius 3 is 2.08 bits per heavy atom. The summed E-state index contributed by atoms with van der Waals surface area (Å²) in [6.45, 7) is 6.59. The standard InChI is InChI=1S/C25H23O/c1-25(2,3)21-16-14-20(15-17-21)22-11-7-8-12-23(22)24(26)18-13-19-9-5-4-6-10-19/h4-12,14-18H,1-3H3. The summed E-state index contributed by atoms with van der Waals surface area (Å²) in [5.41, 5.74) is 4.98. The summed E-state index contributed by atoms with van der Waals surface area (Å²) in [4.78, 5) is 12.7. The first-order valence-electron chi connectivity index (χ1n) is 8.84. The Hall–Kier alpha value is -2.93. The van der Waals surface area contributed by atoms with E-state index in [0.29, 0.717) is 5.56 Å².